The van der Waals surface area contributed by atoms with E-state index in [1.165, 1.54) is 12.8 Å². The summed E-state index contributed by atoms with van der Waals surface area (Å²) in [4.78, 5) is 25.7. The van der Waals surface area contributed by atoms with Crippen LogP contribution < -0.4 is 11.1 Å². The molecule has 19 heavy (non-hydrogen) atoms. The Labute approximate surface area is 112 Å². The summed E-state index contributed by atoms with van der Waals surface area (Å²) in [7, 11) is 0. The lowest BCUT2D eigenvalue weighted by molar-refractivity contribution is -0.149. The quantitative estimate of drug-likeness (QED) is 0.678. The Balaban J connectivity index is 1.73. The Morgan fingerprint density at radius 3 is 2.95 bits per heavy atom. The molecule has 1 saturated carbocycles. The van der Waals surface area contributed by atoms with Crippen LogP contribution in [0.3, 0.4) is 0 Å². The molecule has 6 heteroatoms. The van der Waals surface area contributed by atoms with Crippen LogP contribution in [-0.2, 0) is 14.3 Å². The van der Waals surface area contributed by atoms with Crippen LogP contribution in [0, 0.1) is 11.8 Å². The zero-order valence-corrected chi connectivity index (χ0v) is 11.0. The number of nitrogens with two attached hydrogens (primary N) is 1. The molecule has 3 N–H and O–H groups in total. The zero-order valence-electron chi connectivity index (χ0n) is 11.0. The summed E-state index contributed by atoms with van der Waals surface area (Å²) < 4.78 is 5.26. The van der Waals surface area contributed by atoms with Crippen molar-refractivity contribution in [2.24, 2.45) is 17.6 Å². The number of nitrogens with one attached hydrogen (secondary N) is 1. The number of nitrogens with zero attached hydrogens (tertiary/aromatic N) is 1. The van der Waals surface area contributed by atoms with Crippen molar-refractivity contribution in [3.05, 3.63) is 0 Å². The molecular weight excluding hydrogens is 246 g/mol. The maximum Gasteiger partial charge on any atom is 0.242 e. The predicted octanol–water partition coefficient (Wildman–Crippen LogP) is -0.913. The molecule has 1 aliphatic carbocycles. The predicted molar refractivity (Wildman–Crippen MR) is 68.1 cm³/mol. The number of carbonyl (C=O) groups is 2. The van der Waals surface area contributed by atoms with Gasteiger partial charge in [0.25, 0.3) is 0 Å². The third kappa shape index (κ3) is 2.23. The Kier molecular flexibility index (Phi) is 3.45. The van der Waals surface area contributed by atoms with Gasteiger partial charge in [0.05, 0.1) is 19.3 Å². The third-order valence-corrected chi connectivity index (χ3v) is 4.75. The Bertz CT molecular complexity index is 387. The maximum absolute atomic E-state index is 12.7. The maximum atomic E-state index is 12.7. The minimum absolute atomic E-state index is 0.0292. The molecular formula is C13H21N3O3. The number of hydrogen-bond donors (Lipinski definition) is 2. The van der Waals surface area contributed by atoms with E-state index in [9.17, 15) is 9.59 Å². The van der Waals surface area contributed by atoms with E-state index in [4.69, 9.17) is 10.5 Å². The number of hydrogen-bond acceptors (Lipinski definition) is 4. The zero-order chi connectivity index (χ0) is 13.4. The standard InChI is InChI=1S/C13H21N3O3/c14-12(17)10-7-19-5-4-16(10)13(18)11-9-3-1-2-8(9)6-15-11/h8-11,15H,1-7H2,(H2,14,17). The minimum Gasteiger partial charge on any atom is -0.377 e. The van der Waals surface area contributed by atoms with Crippen molar-refractivity contribution in [1.82, 2.24) is 10.2 Å². The summed E-state index contributed by atoms with van der Waals surface area (Å²) in [5.41, 5.74) is 5.37. The topological polar surface area (TPSA) is 84.7 Å². The van der Waals surface area contributed by atoms with Crippen LogP contribution in [0.25, 0.3) is 0 Å². The number of amides is 2. The van der Waals surface area contributed by atoms with Crippen molar-refractivity contribution in [3.63, 3.8) is 0 Å². The van der Waals surface area contributed by atoms with Crippen LogP contribution in [0.2, 0.25) is 0 Å². The highest BCUT2D eigenvalue weighted by Gasteiger charge is 2.45. The van der Waals surface area contributed by atoms with E-state index in [-0.39, 0.29) is 18.6 Å². The molecule has 3 fully saturated rings. The molecule has 4 unspecified atom stereocenters. The van der Waals surface area contributed by atoms with Crippen molar-refractivity contribution < 1.29 is 14.3 Å². The fourth-order valence-corrected chi connectivity index (χ4v) is 3.74. The minimum atomic E-state index is -0.608. The van der Waals surface area contributed by atoms with Gasteiger partial charge in [-0.1, -0.05) is 6.42 Å². The summed E-state index contributed by atoms with van der Waals surface area (Å²) in [6.07, 6.45) is 3.53. The van der Waals surface area contributed by atoms with Crippen LogP contribution in [0.5, 0.6) is 0 Å². The number of rotatable bonds is 2. The molecule has 0 aromatic carbocycles. The largest absolute Gasteiger partial charge is 0.377 e. The molecule has 3 rings (SSSR count). The Hall–Kier alpha value is -1.14. The number of ether oxygens (including phenoxy) is 1. The first kappa shape index (κ1) is 12.9. The van der Waals surface area contributed by atoms with Crippen molar-refractivity contribution in [1.29, 1.82) is 0 Å². The van der Waals surface area contributed by atoms with Crippen LogP contribution in [-0.4, -0.2) is 55.1 Å². The monoisotopic (exact) mass is 267 g/mol. The molecule has 0 radical (unpaired) electrons. The lowest BCUT2D eigenvalue weighted by Gasteiger charge is -2.36. The van der Waals surface area contributed by atoms with Crippen LogP contribution in [0.15, 0.2) is 0 Å². The lowest BCUT2D eigenvalue weighted by Crippen LogP contribution is -2.59. The van der Waals surface area contributed by atoms with Gasteiger partial charge >= 0.3 is 0 Å². The van der Waals surface area contributed by atoms with Gasteiger partial charge in [-0.25, -0.2) is 0 Å². The smallest absolute Gasteiger partial charge is 0.242 e. The first-order valence-corrected chi connectivity index (χ1v) is 7.09. The highest BCUT2D eigenvalue weighted by molar-refractivity contribution is 5.89. The van der Waals surface area contributed by atoms with Crippen LogP contribution >= 0.6 is 0 Å². The van der Waals surface area contributed by atoms with E-state index in [1.807, 2.05) is 0 Å². The second-order valence-electron chi connectivity index (χ2n) is 5.77. The average molecular weight is 267 g/mol. The molecule has 2 heterocycles. The molecule has 2 saturated heterocycles. The van der Waals surface area contributed by atoms with Gasteiger partial charge < -0.3 is 20.7 Å². The highest BCUT2D eigenvalue weighted by Crippen LogP contribution is 2.38. The SMILES string of the molecule is NC(=O)C1COCCN1C(=O)C1NCC2CCCC21. The first-order chi connectivity index (χ1) is 9.18. The molecule has 0 spiro atoms. The fourth-order valence-electron chi connectivity index (χ4n) is 3.74. The van der Waals surface area contributed by atoms with Gasteiger partial charge in [0, 0.05) is 6.54 Å². The molecule has 4 atom stereocenters. The Morgan fingerprint density at radius 1 is 1.32 bits per heavy atom. The van der Waals surface area contributed by atoms with Gasteiger partial charge in [-0.05, 0) is 31.2 Å². The molecule has 3 aliphatic rings. The van der Waals surface area contributed by atoms with Gasteiger partial charge in [0.2, 0.25) is 11.8 Å². The van der Waals surface area contributed by atoms with E-state index in [1.54, 1.807) is 4.90 Å². The number of primary amides is 1. The molecule has 106 valence electrons. The molecule has 2 aliphatic heterocycles. The third-order valence-electron chi connectivity index (χ3n) is 4.75. The summed E-state index contributed by atoms with van der Waals surface area (Å²) >= 11 is 0. The number of fused-ring (bicyclic) bond motifs is 1. The number of morpholine rings is 1. The molecule has 6 nitrogen and oxygen atoms in total. The van der Waals surface area contributed by atoms with Gasteiger partial charge in [-0.2, -0.15) is 0 Å². The van der Waals surface area contributed by atoms with E-state index in [0.29, 0.717) is 25.0 Å². The van der Waals surface area contributed by atoms with Gasteiger partial charge in [0.15, 0.2) is 0 Å². The molecule has 0 aromatic rings. The van der Waals surface area contributed by atoms with E-state index in [0.717, 1.165) is 13.0 Å². The average Bonchev–Trinajstić information content (AvgIpc) is 3.00. The first-order valence-electron chi connectivity index (χ1n) is 7.09. The summed E-state index contributed by atoms with van der Waals surface area (Å²) in [6.45, 7) is 2.09. The number of carbonyl (C=O) groups excluding carboxylic acids is 2. The summed E-state index contributed by atoms with van der Waals surface area (Å²) in [5.74, 6) is 0.612. The van der Waals surface area contributed by atoms with Gasteiger partial charge in [-0.3, -0.25) is 9.59 Å². The lowest BCUT2D eigenvalue weighted by atomic mass is 9.93. The fraction of sp³-hybridized carbons (Fsp3) is 0.846. The highest BCUT2D eigenvalue weighted by atomic mass is 16.5. The van der Waals surface area contributed by atoms with Crippen molar-refractivity contribution in [2.75, 3.05) is 26.3 Å². The second kappa shape index (κ2) is 5.09. The summed E-state index contributed by atoms with van der Waals surface area (Å²) in [6, 6.07) is -0.740. The molecule has 0 aromatic heterocycles. The summed E-state index contributed by atoms with van der Waals surface area (Å²) in [5, 5.41) is 3.33. The normalized spacial score (nSPS) is 38.2. The van der Waals surface area contributed by atoms with E-state index < -0.39 is 11.9 Å². The van der Waals surface area contributed by atoms with Crippen molar-refractivity contribution in [2.45, 2.75) is 31.3 Å². The van der Waals surface area contributed by atoms with Gasteiger partial charge in [-0.15, -0.1) is 0 Å². The van der Waals surface area contributed by atoms with Crippen LogP contribution in [0.1, 0.15) is 19.3 Å². The van der Waals surface area contributed by atoms with E-state index in [2.05, 4.69) is 5.32 Å². The Morgan fingerprint density at radius 2 is 2.16 bits per heavy atom. The van der Waals surface area contributed by atoms with Crippen molar-refractivity contribution >= 4 is 11.8 Å². The van der Waals surface area contributed by atoms with E-state index >= 15 is 0 Å². The molecule has 2 amide bonds. The van der Waals surface area contributed by atoms with Gasteiger partial charge in [0.1, 0.15) is 6.04 Å². The van der Waals surface area contributed by atoms with Crippen LogP contribution in [0.4, 0.5) is 0 Å². The second-order valence-corrected chi connectivity index (χ2v) is 5.77. The van der Waals surface area contributed by atoms with Crippen molar-refractivity contribution in [3.8, 4) is 0 Å². The molecule has 0 bridgehead atoms.